The van der Waals surface area contributed by atoms with Gasteiger partial charge in [0.25, 0.3) is 5.91 Å². The number of ether oxygens (including phenoxy) is 2. The second-order valence-electron chi connectivity index (χ2n) is 8.43. The summed E-state index contributed by atoms with van der Waals surface area (Å²) in [7, 11) is -3.59. The number of carbonyl (C=O) groups is 1. The molecule has 1 heterocycles. The molecular weight excluding hydrogens is 440 g/mol. The molecule has 0 radical (unpaired) electrons. The maximum Gasteiger partial charge on any atom is 0.263 e. The molecule has 7 nitrogen and oxygen atoms in total. The molecule has 1 aliphatic heterocycles. The highest BCUT2D eigenvalue weighted by Gasteiger charge is 2.35. The van der Waals surface area contributed by atoms with E-state index in [-0.39, 0.29) is 25.1 Å². The Labute approximate surface area is 188 Å². The first-order chi connectivity index (χ1) is 14.4. The quantitative estimate of drug-likeness (QED) is 0.660. The lowest BCUT2D eigenvalue weighted by Gasteiger charge is -2.35. The molecule has 1 amide bonds. The highest BCUT2D eigenvalue weighted by atomic mass is 35.5. The predicted molar refractivity (Wildman–Crippen MR) is 122 cm³/mol. The van der Waals surface area contributed by atoms with Crippen molar-refractivity contribution in [1.82, 2.24) is 5.32 Å². The fourth-order valence-electron chi connectivity index (χ4n) is 3.16. The third-order valence-corrected chi connectivity index (χ3v) is 6.27. The Bertz CT molecular complexity index is 1050. The molecule has 1 N–H and O–H groups in total. The van der Waals surface area contributed by atoms with Gasteiger partial charge < -0.3 is 14.8 Å². The van der Waals surface area contributed by atoms with Crippen molar-refractivity contribution in [3.05, 3.63) is 53.1 Å². The van der Waals surface area contributed by atoms with E-state index in [2.05, 4.69) is 5.32 Å². The largest absolute Gasteiger partial charge is 0.492 e. The molecular formula is C22H27ClN2O5S. The molecule has 168 valence electrons. The van der Waals surface area contributed by atoms with Gasteiger partial charge in [-0.1, -0.05) is 38.4 Å². The summed E-state index contributed by atoms with van der Waals surface area (Å²) in [5.74, 6) is 0.598. The van der Waals surface area contributed by atoms with Gasteiger partial charge in [0, 0.05) is 5.02 Å². The lowest BCUT2D eigenvalue weighted by molar-refractivity contribution is -0.127. The third kappa shape index (κ3) is 5.83. The van der Waals surface area contributed by atoms with Crippen LogP contribution in [-0.2, 0) is 20.2 Å². The molecule has 3 rings (SSSR count). The Hall–Kier alpha value is -2.45. The summed E-state index contributed by atoms with van der Waals surface area (Å²) in [6.07, 6.45) is 0.166. The first kappa shape index (κ1) is 23.2. The number of amides is 1. The van der Waals surface area contributed by atoms with Gasteiger partial charge in [-0.15, -0.1) is 0 Å². The fraction of sp³-hybridized carbons (Fsp3) is 0.409. The number of hydrogen-bond acceptors (Lipinski definition) is 5. The highest BCUT2D eigenvalue weighted by molar-refractivity contribution is 7.92. The lowest BCUT2D eigenvalue weighted by Crippen LogP contribution is -2.51. The minimum atomic E-state index is -3.59. The number of hydrogen-bond donors (Lipinski definition) is 1. The topological polar surface area (TPSA) is 84.9 Å². The molecule has 0 spiro atoms. The number of carbonyl (C=O) groups excluding carboxylic acids is 1. The minimum absolute atomic E-state index is 0.0939. The first-order valence-corrected chi connectivity index (χ1v) is 12.1. The summed E-state index contributed by atoms with van der Waals surface area (Å²) >= 11 is 5.84. The van der Waals surface area contributed by atoms with E-state index in [1.807, 2.05) is 32.9 Å². The SMILES string of the molecule is CC(C)(C)c1ccc2c(c1)N(S(C)(=O)=O)C[C@@H](C(=O)NCCOc1ccc(Cl)cc1)O2. The van der Waals surface area contributed by atoms with E-state index in [1.54, 1.807) is 30.3 Å². The van der Waals surface area contributed by atoms with Gasteiger partial charge in [-0.05, 0) is 47.4 Å². The normalized spacial score (nSPS) is 16.3. The number of nitrogens with one attached hydrogen (secondary N) is 1. The van der Waals surface area contributed by atoms with Gasteiger partial charge in [-0.3, -0.25) is 9.10 Å². The second kappa shape index (κ2) is 8.96. The zero-order valence-corrected chi connectivity index (χ0v) is 19.6. The number of fused-ring (bicyclic) bond motifs is 1. The number of sulfonamides is 1. The molecule has 0 unspecified atom stereocenters. The Balaban J connectivity index is 1.67. The van der Waals surface area contributed by atoms with Crippen LogP contribution in [0.15, 0.2) is 42.5 Å². The van der Waals surface area contributed by atoms with E-state index >= 15 is 0 Å². The van der Waals surface area contributed by atoms with E-state index in [9.17, 15) is 13.2 Å². The van der Waals surface area contributed by atoms with Crippen molar-refractivity contribution in [3.8, 4) is 11.5 Å². The van der Waals surface area contributed by atoms with E-state index < -0.39 is 22.0 Å². The van der Waals surface area contributed by atoms with Crippen molar-refractivity contribution < 1.29 is 22.7 Å². The monoisotopic (exact) mass is 466 g/mol. The van der Waals surface area contributed by atoms with E-state index in [0.717, 1.165) is 11.8 Å². The van der Waals surface area contributed by atoms with Gasteiger partial charge in [0.1, 0.15) is 18.1 Å². The number of benzene rings is 2. The van der Waals surface area contributed by atoms with Gasteiger partial charge >= 0.3 is 0 Å². The second-order valence-corrected chi connectivity index (χ2v) is 10.8. The van der Waals surface area contributed by atoms with Crippen molar-refractivity contribution in [2.75, 3.05) is 30.3 Å². The lowest BCUT2D eigenvalue weighted by atomic mass is 9.86. The number of nitrogens with zero attached hydrogens (tertiary/aromatic N) is 1. The molecule has 2 aromatic carbocycles. The summed E-state index contributed by atoms with van der Waals surface area (Å²) in [6, 6.07) is 12.3. The molecule has 2 aromatic rings. The van der Waals surface area contributed by atoms with Crippen LogP contribution < -0.4 is 19.1 Å². The van der Waals surface area contributed by atoms with E-state index in [1.165, 1.54) is 4.31 Å². The molecule has 0 fully saturated rings. The van der Waals surface area contributed by atoms with Crippen molar-refractivity contribution in [1.29, 1.82) is 0 Å². The summed E-state index contributed by atoms with van der Waals surface area (Å²) in [5.41, 5.74) is 1.27. The van der Waals surface area contributed by atoms with Crippen LogP contribution in [0.5, 0.6) is 11.5 Å². The van der Waals surface area contributed by atoms with E-state index in [0.29, 0.717) is 22.2 Å². The molecule has 9 heteroatoms. The molecule has 0 saturated heterocycles. The van der Waals surface area contributed by atoms with Crippen LogP contribution in [0, 0.1) is 0 Å². The number of anilines is 1. The summed E-state index contributed by atoms with van der Waals surface area (Å²) in [4.78, 5) is 12.6. The Morgan fingerprint density at radius 3 is 2.52 bits per heavy atom. The molecule has 0 saturated carbocycles. The summed E-state index contributed by atoms with van der Waals surface area (Å²) in [6.45, 7) is 6.55. The summed E-state index contributed by atoms with van der Waals surface area (Å²) in [5, 5.41) is 3.35. The van der Waals surface area contributed by atoms with Gasteiger partial charge in [0.15, 0.2) is 6.10 Å². The van der Waals surface area contributed by atoms with Crippen LogP contribution in [0.1, 0.15) is 26.3 Å². The molecule has 1 atom stereocenters. The molecule has 0 aromatic heterocycles. The summed E-state index contributed by atoms with van der Waals surface area (Å²) < 4.78 is 37.5. The van der Waals surface area contributed by atoms with Crippen LogP contribution >= 0.6 is 11.6 Å². The zero-order valence-electron chi connectivity index (χ0n) is 18.0. The van der Waals surface area contributed by atoms with Crippen LogP contribution in [0.25, 0.3) is 0 Å². The fourth-order valence-corrected chi connectivity index (χ4v) is 4.19. The van der Waals surface area contributed by atoms with Crippen molar-refractivity contribution in [2.24, 2.45) is 0 Å². The Morgan fingerprint density at radius 1 is 1.23 bits per heavy atom. The van der Waals surface area contributed by atoms with Gasteiger partial charge in [0.2, 0.25) is 10.0 Å². The van der Waals surface area contributed by atoms with Crippen molar-refractivity contribution in [2.45, 2.75) is 32.3 Å². The smallest absolute Gasteiger partial charge is 0.263 e. The van der Waals surface area contributed by atoms with Gasteiger partial charge in [-0.2, -0.15) is 0 Å². The van der Waals surface area contributed by atoms with Gasteiger partial charge in [0.05, 0.1) is 25.0 Å². The van der Waals surface area contributed by atoms with Crippen LogP contribution in [0.2, 0.25) is 5.02 Å². The van der Waals surface area contributed by atoms with Crippen molar-refractivity contribution >= 4 is 33.2 Å². The molecule has 0 bridgehead atoms. The molecule has 31 heavy (non-hydrogen) atoms. The maximum absolute atomic E-state index is 12.6. The standard InChI is InChI=1S/C22H27ClN2O5S/c1-22(2,3)15-5-10-19-18(13-15)25(31(4,27)28)14-20(30-19)21(26)24-11-12-29-17-8-6-16(23)7-9-17/h5-10,13,20H,11-12,14H2,1-4H3,(H,24,26)/t20-/m0/s1. The zero-order chi connectivity index (χ0) is 22.8. The van der Waals surface area contributed by atoms with Crippen LogP contribution in [-0.4, -0.2) is 46.4 Å². The number of rotatable bonds is 6. The Morgan fingerprint density at radius 2 is 1.90 bits per heavy atom. The van der Waals surface area contributed by atoms with Crippen LogP contribution in [0.3, 0.4) is 0 Å². The molecule has 0 aliphatic carbocycles. The van der Waals surface area contributed by atoms with Gasteiger partial charge in [-0.25, -0.2) is 8.42 Å². The number of halogens is 1. The average Bonchev–Trinajstić information content (AvgIpc) is 2.69. The predicted octanol–water partition coefficient (Wildman–Crippen LogP) is 3.36. The minimum Gasteiger partial charge on any atom is -0.492 e. The average molecular weight is 467 g/mol. The highest BCUT2D eigenvalue weighted by Crippen LogP contribution is 2.38. The maximum atomic E-state index is 12.6. The molecule has 1 aliphatic rings. The Kier molecular flexibility index (Phi) is 6.71. The third-order valence-electron chi connectivity index (χ3n) is 4.87. The van der Waals surface area contributed by atoms with Crippen molar-refractivity contribution in [3.63, 3.8) is 0 Å². The van der Waals surface area contributed by atoms with E-state index in [4.69, 9.17) is 21.1 Å². The van der Waals surface area contributed by atoms with Crippen LogP contribution in [0.4, 0.5) is 5.69 Å². The first-order valence-electron chi connectivity index (χ1n) is 9.90.